The minimum absolute atomic E-state index is 0.00452. The van der Waals surface area contributed by atoms with Crippen molar-refractivity contribution in [1.82, 2.24) is 0 Å². The minimum atomic E-state index is 0.00452. The van der Waals surface area contributed by atoms with Crippen LogP contribution in [0.2, 0.25) is 0 Å². The predicted molar refractivity (Wildman–Crippen MR) is 78.9 cm³/mol. The van der Waals surface area contributed by atoms with Gasteiger partial charge in [-0.1, -0.05) is 25.8 Å². The highest BCUT2D eigenvalue weighted by Gasteiger charge is 2.10. The second-order valence-electron chi connectivity index (χ2n) is 4.46. The summed E-state index contributed by atoms with van der Waals surface area (Å²) in [6, 6.07) is 4.10. The van der Waals surface area contributed by atoms with Crippen LogP contribution in [-0.4, -0.2) is 25.9 Å². The van der Waals surface area contributed by atoms with E-state index < -0.39 is 0 Å². The summed E-state index contributed by atoms with van der Waals surface area (Å²) in [6.07, 6.45) is 8.16. The summed E-state index contributed by atoms with van der Waals surface area (Å²) in [5.41, 5.74) is 2.10. The van der Waals surface area contributed by atoms with Crippen LogP contribution in [0.5, 0.6) is 11.5 Å². The first-order valence-electron chi connectivity index (χ1n) is 6.79. The van der Waals surface area contributed by atoms with Gasteiger partial charge in [0.25, 0.3) is 0 Å². The maximum absolute atomic E-state index is 8.88. The molecular weight excluding hydrogens is 240 g/mol. The molecule has 1 aromatic rings. The van der Waals surface area contributed by atoms with E-state index in [4.69, 9.17) is 14.6 Å². The van der Waals surface area contributed by atoms with E-state index in [2.05, 4.69) is 19.1 Å². The van der Waals surface area contributed by atoms with Gasteiger partial charge in [0.1, 0.15) is 11.5 Å². The van der Waals surface area contributed by atoms with Gasteiger partial charge >= 0.3 is 0 Å². The van der Waals surface area contributed by atoms with Gasteiger partial charge in [-0.05, 0) is 36.6 Å². The third-order valence-corrected chi connectivity index (χ3v) is 3.06. The fraction of sp³-hybridized carbons (Fsp3) is 0.500. The molecule has 0 aliphatic heterocycles. The predicted octanol–water partition coefficient (Wildman–Crippen LogP) is 3.44. The van der Waals surface area contributed by atoms with Crippen LogP contribution in [0.4, 0.5) is 0 Å². The number of rotatable bonds is 8. The molecule has 3 nitrogen and oxygen atoms in total. The van der Waals surface area contributed by atoms with Crippen molar-refractivity contribution in [2.45, 2.75) is 32.6 Å². The highest BCUT2D eigenvalue weighted by Crippen LogP contribution is 2.32. The molecule has 0 fully saturated rings. The van der Waals surface area contributed by atoms with Crippen LogP contribution >= 0.6 is 0 Å². The Bertz CT molecular complexity index is 385. The molecule has 106 valence electrons. The maximum atomic E-state index is 8.88. The van der Waals surface area contributed by atoms with Gasteiger partial charge in [0.2, 0.25) is 0 Å². The first-order valence-corrected chi connectivity index (χ1v) is 6.79. The molecule has 0 unspecified atom stereocenters. The van der Waals surface area contributed by atoms with Gasteiger partial charge in [0.15, 0.2) is 0 Å². The molecular formula is C16H24O3. The third-order valence-electron chi connectivity index (χ3n) is 3.06. The normalized spacial score (nSPS) is 10.9. The Morgan fingerprint density at radius 3 is 2.21 bits per heavy atom. The number of unbranched alkanes of at least 4 members (excludes halogenated alkanes) is 2. The summed E-state index contributed by atoms with van der Waals surface area (Å²) in [4.78, 5) is 0. The fourth-order valence-corrected chi connectivity index (χ4v) is 2.05. The number of aliphatic hydroxyl groups is 1. The lowest BCUT2D eigenvalue weighted by molar-refractivity contribution is 0.343. The summed E-state index contributed by atoms with van der Waals surface area (Å²) < 4.78 is 10.8. The molecule has 1 N–H and O–H groups in total. The smallest absolute Gasteiger partial charge is 0.130 e. The Labute approximate surface area is 115 Å². The standard InChI is InChI=1S/C16H24O3/c1-4-5-6-8-13-11-15(18-2)14(9-7-10-17)16(12-13)19-3/h7,9,11-12,17H,4-6,8,10H2,1-3H3/b9-7+. The Balaban J connectivity index is 3.01. The molecule has 0 saturated carbocycles. The van der Waals surface area contributed by atoms with E-state index in [1.54, 1.807) is 20.3 Å². The molecule has 3 heteroatoms. The number of hydrogen-bond acceptors (Lipinski definition) is 3. The van der Waals surface area contributed by atoms with Gasteiger partial charge < -0.3 is 14.6 Å². The van der Waals surface area contributed by atoms with Crippen molar-refractivity contribution in [3.63, 3.8) is 0 Å². The lowest BCUT2D eigenvalue weighted by Gasteiger charge is -2.13. The van der Waals surface area contributed by atoms with Crippen LogP contribution in [0.1, 0.15) is 37.3 Å². The molecule has 0 aromatic heterocycles. The van der Waals surface area contributed by atoms with Crippen molar-refractivity contribution < 1.29 is 14.6 Å². The van der Waals surface area contributed by atoms with E-state index in [-0.39, 0.29) is 6.61 Å². The molecule has 19 heavy (non-hydrogen) atoms. The van der Waals surface area contributed by atoms with Crippen LogP contribution in [0.15, 0.2) is 18.2 Å². The van der Waals surface area contributed by atoms with Crippen LogP contribution in [0.3, 0.4) is 0 Å². The average Bonchev–Trinajstić information content (AvgIpc) is 2.45. The Hall–Kier alpha value is -1.48. The van der Waals surface area contributed by atoms with E-state index in [0.717, 1.165) is 23.5 Å². The molecule has 0 amide bonds. The summed E-state index contributed by atoms with van der Waals surface area (Å²) in [6.45, 7) is 2.20. The summed E-state index contributed by atoms with van der Waals surface area (Å²) in [7, 11) is 3.31. The van der Waals surface area contributed by atoms with E-state index in [9.17, 15) is 0 Å². The molecule has 0 aliphatic rings. The van der Waals surface area contributed by atoms with Crippen molar-refractivity contribution in [1.29, 1.82) is 0 Å². The van der Waals surface area contributed by atoms with E-state index >= 15 is 0 Å². The van der Waals surface area contributed by atoms with E-state index in [1.807, 2.05) is 6.08 Å². The number of aryl methyl sites for hydroxylation is 1. The number of ether oxygens (including phenoxy) is 2. The van der Waals surface area contributed by atoms with Crippen molar-refractivity contribution in [2.75, 3.05) is 20.8 Å². The molecule has 0 saturated heterocycles. The van der Waals surface area contributed by atoms with Crippen molar-refractivity contribution in [3.8, 4) is 11.5 Å². The van der Waals surface area contributed by atoms with Gasteiger partial charge in [0.05, 0.1) is 26.4 Å². The quantitative estimate of drug-likeness (QED) is 0.731. The molecule has 1 aromatic carbocycles. The zero-order valence-corrected chi connectivity index (χ0v) is 12.1. The summed E-state index contributed by atoms with van der Waals surface area (Å²) in [5.74, 6) is 1.58. The lowest BCUT2D eigenvalue weighted by atomic mass is 10.0. The topological polar surface area (TPSA) is 38.7 Å². The van der Waals surface area contributed by atoms with Crippen LogP contribution < -0.4 is 9.47 Å². The molecule has 0 spiro atoms. The first-order chi connectivity index (χ1) is 9.26. The fourth-order valence-electron chi connectivity index (χ4n) is 2.05. The zero-order valence-electron chi connectivity index (χ0n) is 12.1. The monoisotopic (exact) mass is 264 g/mol. The van der Waals surface area contributed by atoms with Gasteiger partial charge in [0, 0.05) is 0 Å². The second kappa shape index (κ2) is 8.59. The van der Waals surface area contributed by atoms with Crippen LogP contribution in [0, 0.1) is 0 Å². The number of hydrogen-bond donors (Lipinski definition) is 1. The van der Waals surface area contributed by atoms with Crippen LogP contribution in [0.25, 0.3) is 6.08 Å². The molecule has 0 heterocycles. The highest BCUT2D eigenvalue weighted by molar-refractivity contribution is 5.65. The average molecular weight is 264 g/mol. The third kappa shape index (κ3) is 4.60. The SMILES string of the molecule is CCCCCc1cc(OC)c(/C=C/CO)c(OC)c1. The van der Waals surface area contributed by atoms with Crippen molar-refractivity contribution in [2.24, 2.45) is 0 Å². The Kier molecular flexibility index (Phi) is 7.04. The number of benzene rings is 1. The van der Waals surface area contributed by atoms with E-state index in [1.165, 1.54) is 24.8 Å². The van der Waals surface area contributed by atoms with Crippen LogP contribution in [-0.2, 0) is 6.42 Å². The Morgan fingerprint density at radius 2 is 1.74 bits per heavy atom. The van der Waals surface area contributed by atoms with Crippen molar-refractivity contribution in [3.05, 3.63) is 29.3 Å². The maximum Gasteiger partial charge on any atom is 0.130 e. The number of aliphatic hydroxyl groups excluding tert-OH is 1. The van der Waals surface area contributed by atoms with Crippen molar-refractivity contribution >= 4 is 6.08 Å². The summed E-state index contributed by atoms with van der Waals surface area (Å²) in [5, 5.41) is 8.88. The minimum Gasteiger partial charge on any atom is -0.496 e. The first kappa shape index (κ1) is 15.6. The molecule has 0 aliphatic carbocycles. The number of methoxy groups -OCH3 is 2. The van der Waals surface area contributed by atoms with Gasteiger partial charge in [-0.2, -0.15) is 0 Å². The second-order valence-corrected chi connectivity index (χ2v) is 4.46. The summed E-state index contributed by atoms with van der Waals surface area (Å²) >= 11 is 0. The highest BCUT2D eigenvalue weighted by atomic mass is 16.5. The molecule has 1 rings (SSSR count). The van der Waals surface area contributed by atoms with E-state index in [0.29, 0.717) is 0 Å². The molecule has 0 radical (unpaired) electrons. The van der Waals surface area contributed by atoms with Gasteiger partial charge in [-0.3, -0.25) is 0 Å². The molecule has 0 bridgehead atoms. The largest absolute Gasteiger partial charge is 0.496 e. The van der Waals surface area contributed by atoms with Gasteiger partial charge in [-0.25, -0.2) is 0 Å². The Morgan fingerprint density at radius 1 is 1.11 bits per heavy atom. The zero-order chi connectivity index (χ0) is 14.1. The lowest BCUT2D eigenvalue weighted by Crippen LogP contribution is -1.96. The van der Waals surface area contributed by atoms with Gasteiger partial charge in [-0.15, -0.1) is 0 Å². The molecule has 0 atom stereocenters.